The maximum Gasteiger partial charge on any atom is 0.287 e. The summed E-state index contributed by atoms with van der Waals surface area (Å²) < 4.78 is 1.92. The minimum atomic E-state index is -0.212. The molecule has 1 aromatic heterocycles. The van der Waals surface area contributed by atoms with Crippen molar-refractivity contribution in [3.63, 3.8) is 0 Å². The molecule has 1 aliphatic heterocycles. The van der Waals surface area contributed by atoms with Crippen molar-refractivity contribution in [3.05, 3.63) is 52.6 Å². The van der Waals surface area contributed by atoms with E-state index in [1.165, 1.54) is 0 Å². The van der Waals surface area contributed by atoms with Crippen LogP contribution < -0.4 is 10.6 Å². The molecule has 0 unspecified atom stereocenters. The smallest absolute Gasteiger partial charge is 0.287 e. The van der Waals surface area contributed by atoms with Gasteiger partial charge in [0.05, 0.1) is 5.69 Å². The van der Waals surface area contributed by atoms with Crippen molar-refractivity contribution in [3.8, 4) is 0 Å². The van der Waals surface area contributed by atoms with Gasteiger partial charge in [-0.2, -0.15) is 0 Å². The fourth-order valence-electron chi connectivity index (χ4n) is 3.42. The van der Waals surface area contributed by atoms with E-state index < -0.39 is 0 Å². The third kappa shape index (κ3) is 4.38. The maximum atomic E-state index is 12.8. The Hall–Kier alpha value is -2.63. The summed E-state index contributed by atoms with van der Waals surface area (Å²) in [6, 6.07) is 7.98. The van der Waals surface area contributed by atoms with Crippen LogP contribution in [-0.2, 0) is 19.5 Å². The summed E-state index contributed by atoms with van der Waals surface area (Å²) in [5.41, 5.74) is 3.49. The lowest BCUT2D eigenvalue weighted by Gasteiger charge is -2.17. The summed E-state index contributed by atoms with van der Waals surface area (Å²) in [6.07, 6.45) is 4.75. The number of nitrogens with zero attached hydrogens (tertiary/aromatic N) is 2. The van der Waals surface area contributed by atoms with Gasteiger partial charge >= 0.3 is 0 Å². The van der Waals surface area contributed by atoms with Crippen molar-refractivity contribution in [2.45, 2.75) is 59.0 Å². The van der Waals surface area contributed by atoms with Gasteiger partial charge in [0.1, 0.15) is 5.69 Å². The van der Waals surface area contributed by atoms with Gasteiger partial charge in [0.25, 0.3) is 11.8 Å². The number of benzene rings is 1. The van der Waals surface area contributed by atoms with Crippen LogP contribution in [0.1, 0.15) is 70.5 Å². The molecule has 0 saturated heterocycles. The molecule has 2 amide bonds. The van der Waals surface area contributed by atoms with Crippen LogP contribution in [0.2, 0.25) is 0 Å². The van der Waals surface area contributed by atoms with E-state index in [2.05, 4.69) is 22.5 Å². The lowest BCUT2D eigenvalue weighted by molar-refractivity contribution is 0.0937. The van der Waals surface area contributed by atoms with Crippen molar-refractivity contribution in [2.75, 3.05) is 6.54 Å². The van der Waals surface area contributed by atoms with Gasteiger partial charge < -0.3 is 15.2 Å². The van der Waals surface area contributed by atoms with E-state index in [0.717, 1.165) is 55.5 Å². The zero-order valence-corrected chi connectivity index (χ0v) is 16.2. The molecular formula is C21H28N4O2. The Kier molecular flexibility index (Phi) is 6.27. The SMILES string of the molecule is CCCCNC(=O)c1nc(C(=O)NCc2ccccc2C)c2n1CCCC2. The quantitative estimate of drug-likeness (QED) is 0.738. The van der Waals surface area contributed by atoms with Crippen LogP contribution in [0.15, 0.2) is 24.3 Å². The number of amides is 2. The van der Waals surface area contributed by atoms with E-state index in [1.807, 2.05) is 35.8 Å². The first-order valence-corrected chi connectivity index (χ1v) is 9.82. The number of hydrogen-bond donors (Lipinski definition) is 2. The summed E-state index contributed by atoms with van der Waals surface area (Å²) in [4.78, 5) is 29.7. The van der Waals surface area contributed by atoms with E-state index in [1.54, 1.807) is 0 Å². The Labute approximate surface area is 160 Å². The van der Waals surface area contributed by atoms with Gasteiger partial charge in [0.15, 0.2) is 5.82 Å². The Bertz CT molecular complexity index is 826. The number of unbranched alkanes of at least 4 members (excludes halogenated alkanes) is 1. The third-order valence-corrected chi connectivity index (χ3v) is 5.05. The summed E-state index contributed by atoms with van der Waals surface area (Å²) in [6.45, 7) is 5.94. The molecule has 0 saturated carbocycles. The molecule has 0 aliphatic carbocycles. The van der Waals surface area contributed by atoms with Crippen LogP contribution in [0.4, 0.5) is 0 Å². The summed E-state index contributed by atoms with van der Waals surface area (Å²) in [5, 5.41) is 5.88. The van der Waals surface area contributed by atoms with E-state index in [0.29, 0.717) is 24.6 Å². The van der Waals surface area contributed by atoms with Crippen molar-refractivity contribution in [1.82, 2.24) is 20.2 Å². The van der Waals surface area contributed by atoms with E-state index in [-0.39, 0.29) is 11.8 Å². The van der Waals surface area contributed by atoms with E-state index in [4.69, 9.17) is 0 Å². The molecule has 3 rings (SSSR count). The van der Waals surface area contributed by atoms with Crippen molar-refractivity contribution in [2.24, 2.45) is 0 Å². The summed E-state index contributed by atoms with van der Waals surface area (Å²) in [5.74, 6) is -0.0390. The Morgan fingerprint density at radius 1 is 1.15 bits per heavy atom. The van der Waals surface area contributed by atoms with Gasteiger partial charge in [-0.3, -0.25) is 9.59 Å². The highest BCUT2D eigenvalue weighted by atomic mass is 16.2. The number of carbonyl (C=O) groups excluding carboxylic acids is 2. The minimum absolute atomic E-state index is 0.190. The average Bonchev–Trinajstić information content (AvgIpc) is 3.07. The fourth-order valence-corrected chi connectivity index (χ4v) is 3.42. The summed E-state index contributed by atoms with van der Waals surface area (Å²) in [7, 11) is 0. The van der Waals surface area contributed by atoms with E-state index >= 15 is 0 Å². The molecule has 2 N–H and O–H groups in total. The molecule has 0 radical (unpaired) electrons. The molecule has 2 heterocycles. The zero-order chi connectivity index (χ0) is 19.2. The molecular weight excluding hydrogens is 340 g/mol. The second-order valence-electron chi connectivity index (χ2n) is 7.06. The molecule has 0 spiro atoms. The molecule has 27 heavy (non-hydrogen) atoms. The fraction of sp³-hybridized carbons (Fsp3) is 0.476. The molecule has 0 bridgehead atoms. The molecule has 6 nitrogen and oxygen atoms in total. The number of nitrogens with one attached hydrogen (secondary N) is 2. The number of hydrogen-bond acceptors (Lipinski definition) is 3. The Morgan fingerprint density at radius 2 is 1.96 bits per heavy atom. The zero-order valence-electron chi connectivity index (χ0n) is 16.2. The molecule has 0 fully saturated rings. The van der Waals surface area contributed by atoms with Gasteiger partial charge in [0, 0.05) is 19.6 Å². The number of aromatic nitrogens is 2. The highest BCUT2D eigenvalue weighted by molar-refractivity contribution is 5.97. The highest BCUT2D eigenvalue weighted by Crippen LogP contribution is 2.21. The molecule has 6 heteroatoms. The normalized spacial score (nSPS) is 13.1. The lowest BCUT2D eigenvalue weighted by Crippen LogP contribution is -2.28. The summed E-state index contributed by atoms with van der Waals surface area (Å²) >= 11 is 0. The maximum absolute atomic E-state index is 12.8. The van der Waals surface area contributed by atoms with Gasteiger partial charge in [-0.05, 0) is 43.7 Å². The Morgan fingerprint density at radius 3 is 2.74 bits per heavy atom. The van der Waals surface area contributed by atoms with Gasteiger partial charge in [-0.25, -0.2) is 4.98 Å². The predicted octanol–water partition coefficient (Wildman–Crippen LogP) is 2.99. The van der Waals surface area contributed by atoms with Crippen LogP contribution >= 0.6 is 0 Å². The first-order valence-electron chi connectivity index (χ1n) is 9.82. The van der Waals surface area contributed by atoms with Crippen LogP contribution in [0, 0.1) is 6.92 Å². The number of rotatable bonds is 7. The second kappa shape index (κ2) is 8.84. The number of fused-ring (bicyclic) bond motifs is 1. The predicted molar refractivity (Wildman–Crippen MR) is 105 cm³/mol. The van der Waals surface area contributed by atoms with Crippen LogP contribution in [0.25, 0.3) is 0 Å². The molecule has 144 valence electrons. The molecule has 1 aromatic carbocycles. The van der Waals surface area contributed by atoms with E-state index in [9.17, 15) is 9.59 Å². The van der Waals surface area contributed by atoms with Gasteiger partial charge in [-0.1, -0.05) is 37.6 Å². The number of imidazole rings is 1. The standard InChI is InChI=1S/C21H28N4O2/c1-3-4-12-22-21(27)19-24-18(17-11-7-8-13-25(17)19)20(26)23-14-16-10-6-5-9-15(16)2/h5-6,9-10H,3-4,7-8,11-14H2,1-2H3,(H,22,27)(H,23,26). The lowest BCUT2D eigenvalue weighted by atomic mass is 10.1. The minimum Gasteiger partial charge on any atom is -0.349 e. The topological polar surface area (TPSA) is 76.0 Å². The first kappa shape index (κ1) is 19.1. The first-order chi connectivity index (χ1) is 13.1. The largest absolute Gasteiger partial charge is 0.349 e. The highest BCUT2D eigenvalue weighted by Gasteiger charge is 2.27. The molecule has 1 aliphatic rings. The van der Waals surface area contributed by atoms with Crippen molar-refractivity contribution >= 4 is 11.8 Å². The Balaban J connectivity index is 1.77. The second-order valence-corrected chi connectivity index (χ2v) is 7.06. The number of carbonyl (C=O) groups is 2. The monoisotopic (exact) mass is 368 g/mol. The van der Waals surface area contributed by atoms with Gasteiger partial charge in [-0.15, -0.1) is 0 Å². The van der Waals surface area contributed by atoms with Crippen LogP contribution in [-0.4, -0.2) is 27.9 Å². The molecule has 0 atom stereocenters. The third-order valence-electron chi connectivity index (χ3n) is 5.05. The van der Waals surface area contributed by atoms with Crippen molar-refractivity contribution < 1.29 is 9.59 Å². The van der Waals surface area contributed by atoms with Crippen LogP contribution in [0.3, 0.4) is 0 Å². The average molecular weight is 368 g/mol. The number of aryl methyl sites for hydroxylation is 1. The molecule has 2 aromatic rings. The van der Waals surface area contributed by atoms with Gasteiger partial charge in [0.2, 0.25) is 0 Å². The van der Waals surface area contributed by atoms with Crippen LogP contribution in [0.5, 0.6) is 0 Å². The van der Waals surface area contributed by atoms with Crippen molar-refractivity contribution in [1.29, 1.82) is 0 Å².